The van der Waals surface area contributed by atoms with E-state index in [4.69, 9.17) is 0 Å². The minimum atomic E-state index is -0.101. The van der Waals surface area contributed by atoms with E-state index < -0.39 is 0 Å². The maximum absolute atomic E-state index is 11.6. The first-order chi connectivity index (χ1) is 10.9. The quantitative estimate of drug-likeness (QED) is 0.785. The van der Waals surface area contributed by atoms with Crippen LogP contribution in [0.3, 0.4) is 0 Å². The van der Waals surface area contributed by atoms with Crippen molar-refractivity contribution in [2.75, 3.05) is 13.1 Å². The Kier molecular flexibility index (Phi) is 5.02. The topological polar surface area (TPSA) is 20.3 Å². The molecule has 0 bridgehead atoms. The normalized spacial score (nSPS) is 21.2. The Labute approximate surface area is 132 Å². The van der Waals surface area contributed by atoms with Gasteiger partial charge in [-0.1, -0.05) is 60.7 Å². The number of rotatable bonds is 4. The van der Waals surface area contributed by atoms with Crippen molar-refractivity contribution in [2.24, 2.45) is 0 Å². The lowest BCUT2D eigenvalue weighted by molar-refractivity contribution is -0.111. The highest BCUT2D eigenvalue weighted by Gasteiger charge is 2.26. The van der Waals surface area contributed by atoms with Gasteiger partial charge in [0.15, 0.2) is 0 Å². The first-order valence-corrected chi connectivity index (χ1v) is 8.16. The van der Waals surface area contributed by atoms with Crippen LogP contribution in [0.4, 0.5) is 0 Å². The minimum absolute atomic E-state index is 0.101. The molecule has 1 saturated heterocycles. The van der Waals surface area contributed by atoms with Crippen molar-refractivity contribution >= 4 is 6.29 Å². The number of benzene rings is 1. The van der Waals surface area contributed by atoms with E-state index in [1.807, 2.05) is 0 Å². The van der Waals surface area contributed by atoms with Crippen molar-refractivity contribution < 1.29 is 4.79 Å². The van der Waals surface area contributed by atoms with Crippen LogP contribution in [0.25, 0.3) is 0 Å². The Morgan fingerprint density at radius 2 is 1.86 bits per heavy atom. The zero-order valence-corrected chi connectivity index (χ0v) is 12.9. The van der Waals surface area contributed by atoms with Crippen LogP contribution in [-0.2, 0) is 4.79 Å². The lowest BCUT2D eigenvalue weighted by Crippen LogP contribution is -2.42. The summed E-state index contributed by atoms with van der Waals surface area (Å²) in [5.41, 5.74) is 2.54. The van der Waals surface area contributed by atoms with Gasteiger partial charge in [-0.25, -0.2) is 0 Å². The maximum atomic E-state index is 11.6. The van der Waals surface area contributed by atoms with Crippen molar-refractivity contribution in [3.05, 3.63) is 71.8 Å². The second-order valence-electron chi connectivity index (χ2n) is 6.03. The Hall–Kier alpha value is -1.93. The third-order valence-corrected chi connectivity index (χ3v) is 4.67. The molecule has 0 spiro atoms. The summed E-state index contributed by atoms with van der Waals surface area (Å²) in [4.78, 5) is 13.9. The molecule has 0 N–H and O–H groups in total. The summed E-state index contributed by atoms with van der Waals surface area (Å²) in [6.45, 7) is 1.97. The third-order valence-electron chi connectivity index (χ3n) is 4.67. The van der Waals surface area contributed by atoms with Crippen molar-refractivity contribution in [3.63, 3.8) is 0 Å². The number of aldehydes is 1. The highest BCUT2D eigenvalue weighted by Crippen LogP contribution is 2.29. The Morgan fingerprint density at radius 3 is 2.59 bits per heavy atom. The molecule has 1 unspecified atom stereocenters. The molecule has 1 aromatic rings. The van der Waals surface area contributed by atoms with Gasteiger partial charge in [-0.15, -0.1) is 0 Å². The number of carbonyl (C=O) groups is 1. The molecule has 3 rings (SSSR count). The van der Waals surface area contributed by atoms with Crippen LogP contribution in [0.15, 0.2) is 66.3 Å². The van der Waals surface area contributed by atoms with Gasteiger partial charge in [0.05, 0.1) is 6.04 Å². The van der Waals surface area contributed by atoms with Gasteiger partial charge in [-0.3, -0.25) is 4.90 Å². The van der Waals surface area contributed by atoms with E-state index in [1.54, 1.807) is 0 Å². The van der Waals surface area contributed by atoms with Gasteiger partial charge in [0, 0.05) is 0 Å². The van der Waals surface area contributed by atoms with Crippen LogP contribution >= 0.6 is 0 Å². The number of hydrogen-bond donors (Lipinski definition) is 0. The lowest BCUT2D eigenvalue weighted by Gasteiger charge is -2.36. The van der Waals surface area contributed by atoms with Crippen molar-refractivity contribution in [2.45, 2.75) is 31.2 Å². The Balaban J connectivity index is 1.66. The summed E-state index contributed by atoms with van der Waals surface area (Å²) in [5, 5.41) is 0. The predicted molar refractivity (Wildman–Crippen MR) is 90.8 cm³/mol. The number of allylic oxidation sites excluding steroid dienone is 4. The molecule has 0 amide bonds. The van der Waals surface area contributed by atoms with Crippen LogP contribution in [0.2, 0.25) is 0 Å². The summed E-state index contributed by atoms with van der Waals surface area (Å²) in [6, 6.07) is 10.6. The summed E-state index contributed by atoms with van der Waals surface area (Å²) >= 11 is 0. The van der Waals surface area contributed by atoms with Crippen LogP contribution in [0.1, 0.15) is 30.7 Å². The monoisotopic (exact) mass is 293 g/mol. The van der Waals surface area contributed by atoms with Gasteiger partial charge in [-0.05, 0) is 49.4 Å². The predicted octanol–water partition coefficient (Wildman–Crippen LogP) is 3.88. The van der Waals surface area contributed by atoms with Crippen LogP contribution < -0.4 is 0 Å². The van der Waals surface area contributed by atoms with E-state index in [2.05, 4.69) is 65.6 Å². The number of hydrogen-bond acceptors (Lipinski definition) is 2. The van der Waals surface area contributed by atoms with E-state index in [0.717, 1.165) is 44.2 Å². The van der Waals surface area contributed by atoms with E-state index in [0.29, 0.717) is 5.92 Å². The average molecular weight is 293 g/mol. The smallest absolute Gasteiger partial charge is 0.141 e. The highest BCUT2D eigenvalue weighted by atomic mass is 16.1. The molecule has 1 aliphatic carbocycles. The standard InChI is InChI=1S/C20H23NO/c22-16-20(19-10-4-1-2-5-11-19)21-14-12-18(13-15-21)17-8-6-3-7-9-17/h1,3-11,16,18,20H,2,12-15H2. The summed E-state index contributed by atoms with van der Waals surface area (Å²) in [6.07, 6.45) is 14.8. The third kappa shape index (κ3) is 3.45. The molecule has 1 heterocycles. The van der Waals surface area contributed by atoms with E-state index in [-0.39, 0.29) is 6.04 Å². The minimum Gasteiger partial charge on any atom is -0.301 e. The molecule has 2 aliphatic rings. The van der Waals surface area contributed by atoms with Crippen LogP contribution in [0, 0.1) is 0 Å². The van der Waals surface area contributed by atoms with Gasteiger partial charge < -0.3 is 4.79 Å². The molecule has 1 atom stereocenters. The molecule has 0 aromatic heterocycles. The van der Waals surface area contributed by atoms with E-state index in [9.17, 15) is 4.79 Å². The number of piperidine rings is 1. The molecule has 2 heteroatoms. The van der Waals surface area contributed by atoms with Crippen molar-refractivity contribution in [1.82, 2.24) is 4.90 Å². The SMILES string of the molecule is O=CC(C1=CC=CCC=C1)N1CCC(c2ccccc2)CC1. The molecule has 114 valence electrons. The van der Waals surface area contributed by atoms with Gasteiger partial charge in [0.2, 0.25) is 0 Å². The van der Waals surface area contributed by atoms with Gasteiger partial charge >= 0.3 is 0 Å². The second-order valence-corrected chi connectivity index (χ2v) is 6.03. The van der Waals surface area contributed by atoms with E-state index >= 15 is 0 Å². The first-order valence-electron chi connectivity index (χ1n) is 8.16. The number of likely N-dealkylation sites (tertiary alicyclic amines) is 1. The Bertz CT molecular complexity index is 577. The van der Waals surface area contributed by atoms with Crippen LogP contribution in [-0.4, -0.2) is 30.3 Å². The molecular weight excluding hydrogens is 270 g/mol. The van der Waals surface area contributed by atoms with Crippen molar-refractivity contribution in [1.29, 1.82) is 0 Å². The number of carbonyl (C=O) groups excluding carboxylic acids is 1. The second kappa shape index (κ2) is 7.37. The largest absolute Gasteiger partial charge is 0.301 e. The van der Waals surface area contributed by atoms with Crippen LogP contribution in [0.5, 0.6) is 0 Å². The lowest BCUT2D eigenvalue weighted by atomic mass is 9.88. The summed E-state index contributed by atoms with van der Waals surface area (Å²) < 4.78 is 0. The molecule has 0 radical (unpaired) electrons. The molecule has 2 nitrogen and oxygen atoms in total. The first kappa shape index (κ1) is 15.0. The molecule has 0 saturated carbocycles. The maximum Gasteiger partial charge on any atom is 0.141 e. The van der Waals surface area contributed by atoms with Gasteiger partial charge in [0.25, 0.3) is 0 Å². The molecule has 1 fully saturated rings. The summed E-state index contributed by atoms with van der Waals surface area (Å²) in [7, 11) is 0. The summed E-state index contributed by atoms with van der Waals surface area (Å²) in [5.74, 6) is 0.628. The van der Waals surface area contributed by atoms with Crippen molar-refractivity contribution in [3.8, 4) is 0 Å². The molecule has 22 heavy (non-hydrogen) atoms. The zero-order valence-electron chi connectivity index (χ0n) is 12.9. The Morgan fingerprint density at radius 1 is 1.09 bits per heavy atom. The fourth-order valence-electron chi connectivity index (χ4n) is 3.40. The fraction of sp³-hybridized carbons (Fsp3) is 0.350. The van der Waals surface area contributed by atoms with Gasteiger partial charge in [0.1, 0.15) is 6.29 Å². The average Bonchev–Trinajstić information content (AvgIpc) is 2.86. The highest BCUT2D eigenvalue weighted by molar-refractivity contribution is 5.66. The van der Waals surface area contributed by atoms with Gasteiger partial charge in [-0.2, -0.15) is 0 Å². The fourth-order valence-corrected chi connectivity index (χ4v) is 3.40. The zero-order chi connectivity index (χ0) is 15.2. The molecular formula is C20H23NO. The van der Waals surface area contributed by atoms with E-state index in [1.165, 1.54) is 5.56 Å². The number of nitrogens with zero attached hydrogens (tertiary/aromatic N) is 1. The molecule has 1 aromatic carbocycles. The molecule has 1 aliphatic heterocycles.